The molecular weight excluding hydrogens is 280 g/mol. The molecular formula is C15H22N6O. The number of aromatic nitrogens is 5. The van der Waals surface area contributed by atoms with Gasteiger partial charge in [0.05, 0.1) is 6.10 Å². The van der Waals surface area contributed by atoms with Gasteiger partial charge in [0.2, 0.25) is 0 Å². The van der Waals surface area contributed by atoms with Crippen LogP contribution in [0.5, 0.6) is 0 Å². The van der Waals surface area contributed by atoms with Crippen LogP contribution in [0.25, 0.3) is 5.65 Å². The van der Waals surface area contributed by atoms with Crippen molar-refractivity contribution in [3.05, 3.63) is 12.1 Å². The standard InChI is InChI=1S/C15H22N6O/c1-3-22-12-10-11(15(12)8-4-5-9-15)20(2)14-7-6-13-16-18-19-21(13)17-14/h6-7,11-12H,3-5,8-10H2,1-2H3/t11-,12-/m1/s1. The van der Waals surface area contributed by atoms with Crippen molar-refractivity contribution in [3.8, 4) is 0 Å². The van der Waals surface area contributed by atoms with Gasteiger partial charge in [-0.1, -0.05) is 12.8 Å². The van der Waals surface area contributed by atoms with Crippen LogP contribution >= 0.6 is 0 Å². The van der Waals surface area contributed by atoms with Gasteiger partial charge in [-0.2, -0.15) is 0 Å². The third-order valence-electron chi connectivity index (χ3n) is 5.53. The topological polar surface area (TPSA) is 68.4 Å². The smallest absolute Gasteiger partial charge is 0.200 e. The van der Waals surface area contributed by atoms with Crippen molar-refractivity contribution in [3.63, 3.8) is 0 Å². The molecule has 0 bridgehead atoms. The predicted octanol–water partition coefficient (Wildman–Crippen LogP) is 1.69. The highest BCUT2D eigenvalue weighted by molar-refractivity contribution is 5.46. The molecule has 7 heteroatoms. The molecule has 4 rings (SSSR count). The van der Waals surface area contributed by atoms with Crippen LogP contribution in [0.15, 0.2) is 12.1 Å². The molecule has 0 radical (unpaired) electrons. The zero-order chi connectivity index (χ0) is 15.2. The number of ether oxygens (including phenoxy) is 1. The van der Waals surface area contributed by atoms with Crippen molar-refractivity contribution in [2.45, 2.75) is 51.2 Å². The van der Waals surface area contributed by atoms with Crippen LogP contribution in [0.1, 0.15) is 39.0 Å². The highest BCUT2D eigenvalue weighted by Crippen LogP contribution is 2.56. The molecule has 2 saturated carbocycles. The molecule has 118 valence electrons. The molecule has 2 atom stereocenters. The second kappa shape index (κ2) is 5.15. The Morgan fingerprint density at radius 3 is 2.95 bits per heavy atom. The molecule has 2 heterocycles. The van der Waals surface area contributed by atoms with Crippen LogP contribution in [0.3, 0.4) is 0 Å². The number of hydrogen-bond acceptors (Lipinski definition) is 6. The minimum Gasteiger partial charge on any atom is -0.378 e. The normalized spacial score (nSPS) is 26.5. The fourth-order valence-electron chi connectivity index (χ4n) is 4.38. The average Bonchev–Trinajstić information content (AvgIpc) is 3.19. The van der Waals surface area contributed by atoms with E-state index in [2.05, 4.69) is 39.5 Å². The monoisotopic (exact) mass is 302 g/mol. The summed E-state index contributed by atoms with van der Waals surface area (Å²) in [5, 5.41) is 16.0. The predicted molar refractivity (Wildman–Crippen MR) is 81.7 cm³/mol. The van der Waals surface area contributed by atoms with E-state index in [1.54, 1.807) is 0 Å². The number of nitrogens with zero attached hydrogens (tertiary/aromatic N) is 6. The SMILES string of the molecule is CCO[C@@H]1C[C@@H](N(C)c2ccc3nnnn3n2)C12CCCC2. The molecule has 2 aromatic rings. The summed E-state index contributed by atoms with van der Waals surface area (Å²) in [6, 6.07) is 4.41. The highest BCUT2D eigenvalue weighted by atomic mass is 16.5. The zero-order valence-corrected chi connectivity index (χ0v) is 13.1. The van der Waals surface area contributed by atoms with E-state index in [0.29, 0.717) is 23.2 Å². The van der Waals surface area contributed by atoms with Crippen LogP contribution < -0.4 is 4.90 Å². The fourth-order valence-corrected chi connectivity index (χ4v) is 4.38. The number of hydrogen-bond donors (Lipinski definition) is 0. The van der Waals surface area contributed by atoms with Crippen molar-refractivity contribution in [2.75, 3.05) is 18.6 Å². The summed E-state index contributed by atoms with van der Waals surface area (Å²) in [6.07, 6.45) is 6.64. The molecule has 0 unspecified atom stereocenters. The first-order valence-electron chi connectivity index (χ1n) is 8.14. The van der Waals surface area contributed by atoms with E-state index in [1.165, 1.54) is 30.3 Å². The minimum absolute atomic E-state index is 0.308. The van der Waals surface area contributed by atoms with Crippen LogP contribution in [-0.2, 0) is 4.74 Å². The van der Waals surface area contributed by atoms with Crippen LogP contribution in [0, 0.1) is 5.41 Å². The van der Waals surface area contributed by atoms with E-state index in [-0.39, 0.29) is 0 Å². The third-order valence-corrected chi connectivity index (χ3v) is 5.53. The Labute approximate surface area is 129 Å². The van der Waals surface area contributed by atoms with Crippen LogP contribution in [0.2, 0.25) is 0 Å². The van der Waals surface area contributed by atoms with E-state index >= 15 is 0 Å². The second-order valence-corrected chi connectivity index (χ2v) is 6.46. The summed E-state index contributed by atoms with van der Waals surface area (Å²) in [5.74, 6) is 0.922. The lowest BCUT2D eigenvalue weighted by atomic mass is 9.60. The molecule has 1 spiro atoms. The van der Waals surface area contributed by atoms with Crippen LogP contribution in [-0.4, -0.2) is 51.1 Å². The molecule has 2 fully saturated rings. The van der Waals surface area contributed by atoms with Gasteiger partial charge in [-0.15, -0.1) is 14.8 Å². The van der Waals surface area contributed by atoms with Crippen molar-refractivity contribution < 1.29 is 4.74 Å². The summed E-state index contributed by atoms with van der Waals surface area (Å²) < 4.78 is 7.50. The molecule has 22 heavy (non-hydrogen) atoms. The second-order valence-electron chi connectivity index (χ2n) is 6.46. The summed E-state index contributed by atoms with van der Waals surface area (Å²) >= 11 is 0. The molecule has 0 N–H and O–H groups in total. The molecule has 0 aliphatic heterocycles. The van der Waals surface area contributed by atoms with Gasteiger partial charge in [-0.3, -0.25) is 0 Å². The first-order valence-corrected chi connectivity index (χ1v) is 8.14. The maximum Gasteiger partial charge on any atom is 0.200 e. The van der Waals surface area contributed by atoms with Gasteiger partial charge in [0.15, 0.2) is 11.5 Å². The van der Waals surface area contributed by atoms with Gasteiger partial charge in [0.25, 0.3) is 0 Å². The van der Waals surface area contributed by atoms with Crippen molar-refractivity contribution in [1.82, 2.24) is 25.3 Å². The quantitative estimate of drug-likeness (QED) is 0.856. The van der Waals surface area contributed by atoms with Gasteiger partial charge < -0.3 is 9.64 Å². The molecule has 7 nitrogen and oxygen atoms in total. The maximum atomic E-state index is 6.01. The highest BCUT2D eigenvalue weighted by Gasteiger charge is 2.58. The first kappa shape index (κ1) is 13.9. The van der Waals surface area contributed by atoms with Gasteiger partial charge in [-0.05, 0) is 48.7 Å². The van der Waals surface area contributed by atoms with Gasteiger partial charge in [0.1, 0.15) is 0 Å². The number of tetrazole rings is 1. The Kier molecular flexibility index (Phi) is 3.25. The Balaban J connectivity index is 1.60. The van der Waals surface area contributed by atoms with E-state index < -0.39 is 0 Å². The van der Waals surface area contributed by atoms with Crippen molar-refractivity contribution >= 4 is 11.5 Å². The molecule has 2 aliphatic rings. The van der Waals surface area contributed by atoms with Crippen molar-refractivity contribution in [2.24, 2.45) is 5.41 Å². The first-order chi connectivity index (χ1) is 10.7. The Bertz CT molecular complexity index is 665. The minimum atomic E-state index is 0.308. The van der Waals surface area contributed by atoms with E-state index in [9.17, 15) is 0 Å². The Hall–Kier alpha value is -1.76. The zero-order valence-electron chi connectivity index (χ0n) is 13.1. The molecule has 0 amide bonds. The molecule has 2 aromatic heterocycles. The molecule has 0 aromatic carbocycles. The summed E-state index contributed by atoms with van der Waals surface area (Å²) in [7, 11) is 2.13. The lowest BCUT2D eigenvalue weighted by Gasteiger charge is -2.57. The van der Waals surface area contributed by atoms with Crippen LogP contribution in [0.4, 0.5) is 5.82 Å². The van der Waals surface area contributed by atoms with E-state index in [1.807, 2.05) is 12.1 Å². The number of anilines is 1. The van der Waals surface area contributed by atoms with E-state index in [0.717, 1.165) is 18.8 Å². The lowest BCUT2D eigenvalue weighted by Crippen LogP contribution is -2.63. The maximum absolute atomic E-state index is 6.01. The summed E-state index contributed by atoms with van der Waals surface area (Å²) in [6.45, 7) is 2.89. The fraction of sp³-hybridized carbons (Fsp3) is 0.733. The number of fused-ring (bicyclic) bond motifs is 1. The van der Waals surface area contributed by atoms with Crippen molar-refractivity contribution in [1.29, 1.82) is 0 Å². The third kappa shape index (κ3) is 1.91. The Morgan fingerprint density at radius 1 is 1.36 bits per heavy atom. The molecule has 0 saturated heterocycles. The van der Waals surface area contributed by atoms with Gasteiger partial charge in [-0.25, -0.2) is 0 Å². The lowest BCUT2D eigenvalue weighted by molar-refractivity contribution is -0.121. The average molecular weight is 302 g/mol. The molecule has 2 aliphatic carbocycles. The summed E-state index contributed by atoms with van der Waals surface area (Å²) in [4.78, 5) is 2.29. The summed E-state index contributed by atoms with van der Waals surface area (Å²) in [5.41, 5.74) is 0.982. The van der Waals surface area contributed by atoms with E-state index in [4.69, 9.17) is 4.74 Å². The largest absolute Gasteiger partial charge is 0.378 e. The Morgan fingerprint density at radius 2 is 2.18 bits per heavy atom. The van der Waals surface area contributed by atoms with Gasteiger partial charge >= 0.3 is 0 Å². The number of rotatable bonds is 4. The van der Waals surface area contributed by atoms with Gasteiger partial charge in [0, 0.05) is 25.1 Å².